The molecule has 2 aliphatic heterocycles. The van der Waals surface area contributed by atoms with E-state index in [1.54, 1.807) is 21.6 Å². The molecular weight excluding hydrogens is 380 g/mol. The predicted octanol–water partition coefficient (Wildman–Crippen LogP) is 1.63. The fraction of sp³-hybridized carbons (Fsp3) is 0.550. The van der Waals surface area contributed by atoms with Crippen LogP contribution < -0.4 is 5.69 Å². The molecular formula is C20H25ClN4O3. The molecule has 28 heavy (non-hydrogen) atoms. The Morgan fingerprint density at radius 1 is 1.18 bits per heavy atom. The monoisotopic (exact) mass is 404 g/mol. The third-order valence-electron chi connectivity index (χ3n) is 5.70. The molecule has 1 aromatic heterocycles. The molecule has 0 radical (unpaired) electrons. The van der Waals surface area contributed by atoms with Crippen LogP contribution in [0.2, 0.25) is 5.02 Å². The smallest absolute Gasteiger partial charge is 0.346 e. The summed E-state index contributed by atoms with van der Waals surface area (Å²) in [5.74, 6) is 0.596. The molecule has 0 bridgehead atoms. The number of likely N-dealkylation sites (tertiary alicyclic amines) is 1. The van der Waals surface area contributed by atoms with Gasteiger partial charge >= 0.3 is 5.69 Å². The molecule has 1 unspecified atom stereocenters. The van der Waals surface area contributed by atoms with Crippen LogP contribution >= 0.6 is 11.6 Å². The Morgan fingerprint density at radius 3 is 2.75 bits per heavy atom. The van der Waals surface area contributed by atoms with Crippen LogP contribution in [0.25, 0.3) is 0 Å². The van der Waals surface area contributed by atoms with E-state index in [2.05, 4.69) is 5.10 Å². The second kappa shape index (κ2) is 7.72. The Kier molecular flexibility index (Phi) is 5.29. The Morgan fingerprint density at radius 2 is 1.96 bits per heavy atom. The van der Waals surface area contributed by atoms with Gasteiger partial charge in [0.05, 0.1) is 5.60 Å². The van der Waals surface area contributed by atoms with Crippen molar-refractivity contribution in [2.24, 2.45) is 0 Å². The van der Waals surface area contributed by atoms with Gasteiger partial charge in [0.1, 0.15) is 12.4 Å². The number of amides is 1. The maximum Gasteiger partial charge on any atom is 0.346 e. The fourth-order valence-corrected chi connectivity index (χ4v) is 4.28. The van der Waals surface area contributed by atoms with E-state index in [4.69, 9.17) is 11.6 Å². The van der Waals surface area contributed by atoms with Gasteiger partial charge in [-0.05, 0) is 37.0 Å². The average molecular weight is 405 g/mol. The SMILES string of the molecule is O=C(Cn1nc2n(c1=O)CCCCC2)N1CCC(O)(Cc2ccc(Cl)cc2)C1. The van der Waals surface area contributed by atoms with Gasteiger partial charge in [0.25, 0.3) is 0 Å². The van der Waals surface area contributed by atoms with Crippen LogP contribution in [0.3, 0.4) is 0 Å². The number of aryl methyl sites for hydroxylation is 1. The zero-order valence-electron chi connectivity index (χ0n) is 15.8. The highest BCUT2D eigenvalue weighted by Gasteiger charge is 2.38. The van der Waals surface area contributed by atoms with Gasteiger partial charge in [0.2, 0.25) is 5.91 Å². The number of aromatic nitrogens is 3. The number of benzene rings is 1. The van der Waals surface area contributed by atoms with Crippen molar-refractivity contribution in [3.63, 3.8) is 0 Å². The van der Waals surface area contributed by atoms with Gasteiger partial charge in [-0.15, -0.1) is 0 Å². The van der Waals surface area contributed by atoms with Gasteiger partial charge in [0, 0.05) is 37.5 Å². The molecule has 4 rings (SSSR count). The zero-order valence-corrected chi connectivity index (χ0v) is 16.6. The summed E-state index contributed by atoms with van der Waals surface area (Å²) in [6, 6.07) is 7.38. The number of β-amino-alcohol motifs (C(OH)–C–C–N with tert-alkyl or cyclic N) is 1. The Labute approximate surface area is 168 Å². The van der Waals surface area contributed by atoms with E-state index in [1.807, 2.05) is 12.1 Å². The minimum absolute atomic E-state index is 0.0736. The van der Waals surface area contributed by atoms with Crippen molar-refractivity contribution in [1.82, 2.24) is 19.2 Å². The molecule has 1 aromatic carbocycles. The largest absolute Gasteiger partial charge is 0.388 e. The molecule has 1 saturated heterocycles. The Hall–Kier alpha value is -2.12. The third-order valence-corrected chi connectivity index (χ3v) is 5.95. The summed E-state index contributed by atoms with van der Waals surface area (Å²) in [7, 11) is 0. The van der Waals surface area contributed by atoms with Gasteiger partial charge < -0.3 is 10.0 Å². The van der Waals surface area contributed by atoms with Gasteiger partial charge in [-0.3, -0.25) is 9.36 Å². The van der Waals surface area contributed by atoms with Crippen molar-refractivity contribution < 1.29 is 9.90 Å². The highest BCUT2D eigenvalue weighted by molar-refractivity contribution is 6.30. The lowest BCUT2D eigenvalue weighted by molar-refractivity contribution is -0.132. The van der Waals surface area contributed by atoms with E-state index < -0.39 is 5.60 Å². The molecule has 7 nitrogen and oxygen atoms in total. The number of carbonyl (C=O) groups excluding carboxylic acids is 1. The average Bonchev–Trinajstić information content (AvgIpc) is 3.08. The van der Waals surface area contributed by atoms with Crippen LogP contribution in [0.15, 0.2) is 29.1 Å². The summed E-state index contributed by atoms with van der Waals surface area (Å²) in [5, 5.41) is 15.9. The van der Waals surface area contributed by atoms with Crippen molar-refractivity contribution >= 4 is 17.5 Å². The summed E-state index contributed by atoms with van der Waals surface area (Å²) < 4.78 is 2.97. The highest BCUT2D eigenvalue weighted by atomic mass is 35.5. The highest BCUT2D eigenvalue weighted by Crippen LogP contribution is 2.26. The van der Waals surface area contributed by atoms with E-state index in [-0.39, 0.29) is 24.7 Å². The molecule has 0 aliphatic carbocycles. The van der Waals surface area contributed by atoms with Gasteiger partial charge in [0.15, 0.2) is 0 Å². The van der Waals surface area contributed by atoms with Gasteiger partial charge in [-0.2, -0.15) is 5.10 Å². The molecule has 1 fully saturated rings. The van der Waals surface area contributed by atoms with E-state index in [9.17, 15) is 14.7 Å². The first-order valence-corrected chi connectivity index (χ1v) is 10.2. The lowest BCUT2D eigenvalue weighted by Gasteiger charge is -2.23. The topological polar surface area (TPSA) is 80.4 Å². The van der Waals surface area contributed by atoms with Crippen molar-refractivity contribution in [2.75, 3.05) is 13.1 Å². The van der Waals surface area contributed by atoms with Crippen LogP contribution in [0.1, 0.15) is 37.1 Å². The Bertz CT molecular complexity index is 921. The van der Waals surface area contributed by atoms with Crippen molar-refractivity contribution in [3.05, 3.63) is 51.2 Å². The number of carbonyl (C=O) groups is 1. The summed E-state index contributed by atoms with van der Waals surface area (Å²) in [6.45, 7) is 1.34. The molecule has 1 N–H and O–H groups in total. The summed E-state index contributed by atoms with van der Waals surface area (Å²) in [4.78, 5) is 26.9. The summed E-state index contributed by atoms with van der Waals surface area (Å²) in [6.07, 6.45) is 4.84. The van der Waals surface area contributed by atoms with Gasteiger partial charge in [-0.1, -0.05) is 30.2 Å². The van der Waals surface area contributed by atoms with Crippen molar-refractivity contribution in [2.45, 2.75) is 57.2 Å². The van der Waals surface area contributed by atoms with Crippen LogP contribution in [-0.2, 0) is 30.7 Å². The first-order valence-electron chi connectivity index (χ1n) is 9.85. The molecule has 0 saturated carbocycles. The number of hydrogen-bond donors (Lipinski definition) is 1. The van der Waals surface area contributed by atoms with E-state index in [1.165, 1.54) is 4.68 Å². The normalized spacial score (nSPS) is 22.1. The minimum atomic E-state index is -0.959. The molecule has 8 heteroatoms. The van der Waals surface area contributed by atoms with E-state index in [0.717, 1.165) is 37.1 Å². The molecule has 2 aliphatic rings. The fourth-order valence-electron chi connectivity index (χ4n) is 4.15. The van der Waals surface area contributed by atoms with E-state index >= 15 is 0 Å². The number of halogens is 1. The molecule has 2 aromatic rings. The second-order valence-corrected chi connectivity index (χ2v) is 8.35. The second-order valence-electron chi connectivity index (χ2n) is 7.91. The maximum absolute atomic E-state index is 12.7. The quantitative estimate of drug-likeness (QED) is 0.839. The predicted molar refractivity (Wildman–Crippen MR) is 105 cm³/mol. The van der Waals surface area contributed by atoms with E-state index in [0.29, 0.717) is 31.0 Å². The third kappa shape index (κ3) is 4.00. The van der Waals surface area contributed by atoms with Crippen LogP contribution in [-0.4, -0.2) is 49.0 Å². The lowest BCUT2D eigenvalue weighted by Crippen LogP contribution is -2.40. The molecule has 3 heterocycles. The summed E-state index contributed by atoms with van der Waals surface area (Å²) in [5.41, 5.74) is -0.184. The standard InChI is InChI=1S/C20H25ClN4O3/c21-16-7-5-15(6-8-16)12-20(28)9-11-23(14-20)18(26)13-25-19(27)24-10-3-1-2-4-17(24)22-25/h5-8,28H,1-4,9-14H2. The number of aliphatic hydroxyl groups is 1. The Balaban J connectivity index is 1.41. The molecule has 1 amide bonds. The summed E-state index contributed by atoms with van der Waals surface area (Å²) >= 11 is 5.91. The minimum Gasteiger partial charge on any atom is -0.388 e. The first kappa shape index (κ1) is 19.2. The van der Waals surface area contributed by atoms with Crippen molar-refractivity contribution in [1.29, 1.82) is 0 Å². The molecule has 150 valence electrons. The zero-order chi connectivity index (χ0) is 19.7. The van der Waals surface area contributed by atoms with Crippen molar-refractivity contribution in [3.8, 4) is 0 Å². The van der Waals surface area contributed by atoms with Crippen LogP contribution in [0.5, 0.6) is 0 Å². The van der Waals surface area contributed by atoms with Gasteiger partial charge in [-0.25, -0.2) is 9.48 Å². The maximum atomic E-state index is 12.7. The number of nitrogens with zero attached hydrogens (tertiary/aromatic N) is 4. The molecule has 1 atom stereocenters. The lowest BCUT2D eigenvalue weighted by atomic mass is 9.94. The molecule has 0 spiro atoms. The number of fused-ring (bicyclic) bond motifs is 1. The number of hydrogen-bond acceptors (Lipinski definition) is 4. The number of rotatable bonds is 4. The van der Waals surface area contributed by atoms with Crippen LogP contribution in [0, 0.1) is 0 Å². The van der Waals surface area contributed by atoms with Crippen LogP contribution in [0.4, 0.5) is 0 Å². The first-order chi connectivity index (χ1) is 13.4.